The molecule has 2 fully saturated rings. The van der Waals surface area contributed by atoms with E-state index in [1.54, 1.807) is 74.9 Å². The maximum Gasteiger partial charge on any atom is 0.161 e. The minimum Gasteiger partial charge on any atom is -0.493 e. The van der Waals surface area contributed by atoms with Crippen molar-refractivity contribution in [3.05, 3.63) is 190 Å². The van der Waals surface area contributed by atoms with Crippen molar-refractivity contribution in [1.29, 1.82) is 0 Å². The van der Waals surface area contributed by atoms with E-state index < -0.39 is 0 Å². The largest absolute Gasteiger partial charge is 0.493 e. The van der Waals surface area contributed by atoms with Gasteiger partial charge in [-0.15, -0.1) is 49.6 Å². The van der Waals surface area contributed by atoms with Crippen molar-refractivity contribution >= 4 is 61.2 Å². The molecular formula is C62H78Cl4F4N4O7. The summed E-state index contributed by atoms with van der Waals surface area (Å²) in [6.45, 7) is 11.2. The minimum absolute atomic E-state index is 0. The van der Waals surface area contributed by atoms with Crippen LogP contribution in [0, 0.1) is 35.1 Å². The lowest BCUT2D eigenvalue weighted by Gasteiger charge is -2.37. The second-order valence-electron chi connectivity index (χ2n) is 19.7. The maximum atomic E-state index is 13.6. The van der Waals surface area contributed by atoms with Crippen molar-refractivity contribution in [3.63, 3.8) is 0 Å². The molecule has 4 N–H and O–H groups in total. The summed E-state index contributed by atoms with van der Waals surface area (Å²) in [7, 11) is 3.15. The van der Waals surface area contributed by atoms with Crippen LogP contribution in [0.15, 0.2) is 133 Å². The molecule has 2 aliphatic heterocycles. The van der Waals surface area contributed by atoms with Gasteiger partial charge in [0.15, 0.2) is 34.6 Å². The summed E-state index contributed by atoms with van der Waals surface area (Å²) >= 11 is 0. The molecule has 11 nitrogen and oxygen atoms in total. The highest BCUT2D eigenvalue weighted by molar-refractivity contribution is 5.95. The van der Waals surface area contributed by atoms with Crippen LogP contribution >= 0.6 is 49.6 Å². The number of nitrogens with zero attached hydrogens (tertiary/aromatic N) is 2. The quantitative estimate of drug-likeness (QED) is 0.0343. The predicted molar refractivity (Wildman–Crippen MR) is 322 cm³/mol. The first-order chi connectivity index (χ1) is 36.8. The summed E-state index contributed by atoms with van der Waals surface area (Å²) in [6.07, 6.45) is 5.87. The number of Topliss-reactive ketones (excluding diaryl/α,β-unsaturated/α-hetero) is 2. The van der Waals surface area contributed by atoms with E-state index in [9.17, 15) is 27.2 Å². The molecule has 2 saturated heterocycles. The van der Waals surface area contributed by atoms with Crippen molar-refractivity contribution in [3.8, 4) is 23.0 Å². The smallest absolute Gasteiger partial charge is 0.161 e. The number of likely N-dealkylation sites (tertiary alicyclic amines) is 2. The van der Waals surface area contributed by atoms with Gasteiger partial charge < -0.3 is 44.9 Å². The van der Waals surface area contributed by atoms with Crippen molar-refractivity contribution in [1.82, 2.24) is 20.4 Å². The number of piperidine rings is 2. The Bertz CT molecular complexity index is 2570. The summed E-state index contributed by atoms with van der Waals surface area (Å²) in [5.74, 6) is 2.27. The number of methoxy groups -OCH3 is 2. The third-order valence-corrected chi connectivity index (χ3v) is 14.4. The number of carbonyl (C=O) groups is 2. The second-order valence-corrected chi connectivity index (χ2v) is 19.7. The van der Waals surface area contributed by atoms with Gasteiger partial charge in [-0.2, -0.15) is 0 Å². The fraction of sp³-hybridized carbons (Fsp3) is 0.387. The fourth-order valence-corrected chi connectivity index (χ4v) is 10.1. The van der Waals surface area contributed by atoms with E-state index in [1.807, 2.05) is 24.3 Å². The number of ether oxygens (including phenoxy) is 4. The number of benzene rings is 6. The summed E-state index contributed by atoms with van der Waals surface area (Å²) < 4.78 is 76.4. The van der Waals surface area contributed by atoms with Crippen LogP contribution in [0.2, 0.25) is 0 Å². The zero-order chi connectivity index (χ0) is 53.8. The molecule has 0 spiro atoms. The average Bonchev–Trinajstić information content (AvgIpc) is 3.44. The third-order valence-electron chi connectivity index (χ3n) is 14.4. The molecule has 19 heteroatoms. The molecule has 6 aromatic rings. The summed E-state index contributed by atoms with van der Waals surface area (Å²) in [5.41, 5.74) is 5.38. The molecule has 444 valence electrons. The first kappa shape index (κ1) is 71.6. The minimum atomic E-state index is -0.244. The number of nitrogens with one attached hydrogen (secondary N) is 2. The van der Waals surface area contributed by atoms with Crippen molar-refractivity contribution in [2.75, 3.05) is 66.7 Å². The van der Waals surface area contributed by atoms with Crippen molar-refractivity contribution in [2.24, 2.45) is 11.8 Å². The Morgan fingerprint density at radius 3 is 1.09 bits per heavy atom. The van der Waals surface area contributed by atoms with Gasteiger partial charge in [0.05, 0.1) is 27.4 Å². The van der Waals surface area contributed by atoms with E-state index in [4.69, 9.17) is 18.9 Å². The van der Waals surface area contributed by atoms with Crippen LogP contribution in [0.1, 0.15) is 107 Å². The molecule has 0 aromatic heterocycles. The van der Waals surface area contributed by atoms with Crippen LogP contribution in [0.3, 0.4) is 0 Å². The second kappa shape index (κ2) is 36.9. The van der Waals surface area contributed by atoms with Gasteiger partial charge in [-0.05, 0) is 198 Å². The lowest BCUT2D eigenvalue weighted by molar-refractivity contribution is 0.100. The molecule has 8 rings (SSSR count). The Morgan fingerprint density at radius 1 is 0.481 bits per heavy atom. The standard InChI is InChI=1S/2C31H36F2N2O3.4ClH.H2O/c2*1-22(36)26-8-13-29(30(20-26)37-2)38-19-3-16-35-17-14-25(15-18-35)31(24-6-11-28(33)12-7-24)34-21-23-4-9-27(32)10-5-23;;;;;/h2*4-13,20,25,31,34H,3,14-19,21H2,1-2H3;4*1H;1H2. The van der Waals surface area contributed by atoms with Gasteiger partial charge in [-0.1, -0.05) is 48.5 Å². The Hall–Kier alpha value is -5.46. The molecule has 0 aliphatic carbocycles. The van der Waals surface area contributed by atoms with Crippen LogP contribution in [0.4, 0.5) is 17.6 Å². The number of carbonyl (C=O) groups excluding carboxylic acids is 2. The van der Waals surface area contributed by atoms with Gasteiger partial charge >= 0.3 is 0 Å². The zero-order valence-corrected chi connectivity index (χ0v) is 49.6. The van der Waals surface area contributed by atoms with Crippen LogP contribution in [0.25, 0.3) is 0 Å². The Labute approximate surface area is 499 Å². The van der Waals surface area contributed by atoms with E-state index in [-0.39, 0.29) is 102 Å². The van der Waals surface area contributed by atoms with E-state index >= 15 is 0 Å². The first-order valence-electron chi connectivity index (χ1n) is 26.4. The molecule has 0 amide bonds. The summed E-state index contributed by atoms with van der Waals surface area (Å²) in [4.78, 5) is 28.1. The van der Waals surface area contributed by atoms with Gasteiger partial charge in [-0.3, -0.25) is 9.59 Å². The van der Waals surface area contributed by atoms with Gasteiger partial charge in [0.25, 0.3) is 0 Å². The van der Waals surface area contributed by atoms with Crippen LogP contribution in [0.5, 0.6) is 23.0 Å². The fourth-order valence-electron chi connectivity index (χ4n) is 10.1. The molecule has 0 saturated carbocycles. The molecule has 0 radical (unpaired) electrons. The SMILES string of the molecule is COc1cc(C(C)=O)ccc1OCCCN1CCC(C(NCc2ccc(F)cc2)c2ccc(F)cc2)CC1.COc1cc(C(C)=O)ccc1OCCCN1CCC(C(NCc2ccc(F)cc2)c2ccc(F)cc2)CC1.Cl.Cl.Cl.Cl.O. The van der Waals surface area contributed by atoms with Crippen molar-refractivity contribution in [2.45, 2.75) is 77.5 Å². The molecule has 2 aliphatic rings. The zero-order valence-electron chi connectivity index (χ0n) is 46.3. The molecule has 2 heterocycles. The Balaban J connectivity index is 0.000000521. The number of ketones is 2. The molecule has 2 atom stereocenters. The maximum absolute atomic E-state index is 13.6. The molecule has 6 aromatic carbocycles. The van der Waals surface area contributed by atoms with E-state index in [0.29, 0.717) is 72.3 Å². The molecule has 0 bridgehead atoms. The topological polar surface area (TPSA) is 133 Å². The Morgan fingerprint density at radius 2 is 0.790 bits per heavy atom. The average molecular weight is 1210 g/mol. The van der Waals surface area contributed by atoms with Crippen LogP contribution in [-0.2, 0) is 13.1 Å². The number of hydrogen-bond donors (Lipinski definition) is 2. The monoisotopic (exact) mass is 1210 g/mol. The predicted octanol–water partition coefficient (Wildman–Crippen LogP) is 13.2. The van der Waals surface area contributed by atoms with E-state index in [2.05, 4.69) is 20.4 Å². The van der Waals surface area contributed by atoms with Gasteiger partial charge in [0.2, 0.25) is 0 Å². The normalized spacial score (nSPS) is 14.3. The number of hydrogen-bond acceptors (Lipinski definition) is 10. The summed E-state index contributed by atoms with van der Waals surface area (Å²) in [5, 5.41) is 7.30. The molecule has 81 heavy (non-hydrogen) atoms. The van der Waals surface area contributed by atoms with Crippen LogP contribution < -0.4 is 29.6 Å². The highest BCUT2D eigenvalue weighted by atomic mass is 35.5. The van der Waals surface area contributed by atoms with E-state index in [1.165, 1.54) is 62.4 Å². The number of halogens is 8. The van der Waals surface area contributed by atoms with Crippen LogP contribution in [-0.4, -0.2) is 93.5 Å². The van der Waals surface area contributed by atoms with Gasteiger partial charge in [-0.25, -0.2) is 17.6 Å². The lowest BCUT2D eigenvalue weighted by atomic mass is 9.85. The lowest BCUT2D eigenvalue weighted by Crippen LogP contribution is -2.39. The first-order valence-corrected chi connectivity index (χ1v) is 26.4. The molecule has 2 unspecified atom stereocenters. The Kier molecular flexibility index (Phi) is 32.6. The summed E-state index contributed by atoms with van der Waals surface area (Å²) in [6, 6.07) is 37.3. The van der Waals surface area contributed by atoms with Crippen molar-refractivity contribution < 1.29 is 51.6 Å². The van der Waals surface area contributed by atoms with Gasteiger partial charge in [0, 0.05) is 49.4 Å². The van der Waals surface area contributed by atoms with E-state index in [0.717, 1.165) is 100 Å². The molecular weight excluding hydrogens is 1130 g/mol. The van der Waals surface area contributed by atoms with Gasteiger partial charge in [0.1, 0.15) is 23.3 Å². The highest BCUT2D eigenvalue weighted by Crippen LogP contribution is 2.34. The highest BCUT2D eigenvalue weighted by Gasteiger charge is 2.29. The number of rotatable bonds is 24. The third kappa shape index (κ3) is 22.3.